The van der Waals surface area contributed by atoms with Crippen molar-refractivity contribution < 1.29 is 26.7 Å². The molecule has 0 unspecified atom stereocenters. The first-order valence-electron chi connectivity index (χ1n) is 4.27. The van der Waals surface area contributed by atoms with Crippen LogP contribution in [0.5, 0.6) is 5.75 Å². The van der Waals surface area contributed by atoms with E-state index in [0.29, 0.717) is 0 Å². The van der Waals surface area contributed by atoms with Crippen LogP contribution in [0.15, 0.2) is 6.20 Å². The Morgan fingerprint density at radius 2 is 1.94 bits per heavy atom. The van der Waals surface area contributed by atoms with Gasteiger partial charge in [-0.3, -0.25) is 4.98 Å². The van der Waals surface area contributed by atoms with Gasteiger partial charge in [-0.25, -0.2) is 8.78 Å². The van der Waals surface area contributed by atoms with E-state index in [1.54, 1.807) is 0 Å². The fraction of sp³-hybridized carbons (Fsp3) is 0.375. The Morgan fingerprint density at radius 1 is 1.35 bits per heavy atom. The largest absolute Gasteiger partial charge is 0.573 e. The summed E-state index contributed by atoms with van der Waals surface area (Å²) in [5.74, 6) is -0.926. The maximum Gasteiger partial charge on any atom is 0.573 e. The van der Waals surface area contributed by atoms with Crippen molar-refractivity contribution in [3.05, 3.63) is 17.5 Å². The van der Waals surface area contributed by atoms with Crippen LogP contribution in [0, 0.1) is 0 Å². The topological polar surface area (TPSA) is 74.2 Å². The van der Waals surface area contributed by atoms with Crippen molar-refractivity contribution in [1.82, 2.24) is 4.98 Å². The van der Waals surface area contributed by atoms with Crippen LogP contribution >= 0.6 is 0 Å². The molecule has 0 saturated carbocycles. The zero-order chi connectivity index (χ0) is 13.2. The summed E-state index contributed by atoms with van der Waals surface area (Å²) in [6.07, 6.45) is -7.37. The third kappa shape index (κ3) is 3.16. The minimum atomic E-state index is -5.04. The van der Waals surface area contributed by atoms with Gasteiger partial charge in [0.2, 0.25) is 0 Å². The zero-order valence-electron chi connectivity index (χ0n) is 8.26. The molecule has 1 aromatic rings. The van der Waals surface area contributed by atoms with Gasteiger partial charge in [0.1, 0.15) is 11.4 Å². The summed E-state index contributed by atoms with van der Waals surface area (Å²) >= 11 is 0. The number of aromatic nitrogens is 1. The monoisotopic (exact) mass is 257 g/mol. The van der Waals surface area contributed by atoms with Crippen LogP contribution < -0.4 is 16.2 Å². The van der Waals surface area contributed by atoms with E-state index < -0.39 is 29.9 Å². The lowest BCUT2D eigenvalue weighted by molar-refractivity contribution is -0.274. The van der Waals surface area contributed by atoms with Crippen molar-refractivity contribution in [3.8, 4) is 5.75 Å². The van der Waals surface area contributed by atoms with Crippen LogP contribution in [0.3, 0.4) is 0 Å². The number of rotatable bonds is 3. The highest BCUT2D eigenvalue weighted by Crippen LogP contribution is 2.36. The van der Waals surface area contributed by atoms with E-state index in [2.05, 4.69) is 9.72 Å². The average molecular weight is 257 g/mol. The van der Waals surface area contributed by atoms with Crippen molar-refractivity contribution >= 4 is 5.69 Å². The molecule has 9 heteroatoms. The molecule has 0 amide bonds. The van der Waals surface area contributed by atoms with Gasteiger partial charge < -0.3 is 16.2 Å². The Kier molecular flexibility index (Phi) is 3.71. The van der Waals surface area contributed by atoms with Crippen molar-refractivity contribution in [2.45, 2.75) is 19.3 Å². The standard InChI is InChI=1S/C8H8F5N3O/c9-7(10)5-4(15)6(17-8(11,12)13)3(1-14)2-16-5/h2,7H,1,14-15H2. The molecule has 96 valence electrons. The van der Waals surface area contributed by atoms with Gasteiger partial charge in [0.15, 0.2) is 5.75 Å². The summed E-state index contributed by atoms with van der Waals surface area (Å²) < 4.78 is 64.4. The van der Waals surface area contributed by atoms with Crippen LogP contribution in [0.4, 0.5) is 27.6 Å². The predicted molar refractivity (Wildman–Crippen MR) is 48.2 cm³/mol. The highest BCUT2D eigenvalue weighted by Gasteiger charge is 2.34. The van der Waals surface area contributed by atoms with Gasteiger partial charge in [-0.15, -0.1) is 13.2 Å². The van der Waals surface area contributed by atoms with E-state index in [-0.39, 0.29) is 12.1 Å². The molecule has 0 saturated heterocycles. The SMILES string of the molecule is NCc1cnc(C(F)F)c(N)c1OC(F)(F)F. The molecule has 1 aromatic heterocycles. The number of nitrogens with zero attached hydrogens (tertiary/aromatic N) is 1. The molecular weight excluding hydrogens is 249 g/mol. The lowest BCUT2D eigenvalue weighted by Gasteiger charge is -2.16. The van der Waals surface area contributed by atoms with Crippen LogP contribution in [0.25, 0.3) is 0 Å². The van der Waals surface area contributed by atoms with Gasteiger partial charge in [0.25, 0.3) is 6.43 Å². The number of hydrogen-bond acceptors (Lipinski definition) is 4. The number of alkyl halides is 5. The lowest BCUT2D eigenvalue weighted by atomic mass is 10.2. The van der Waals surface area contributed by atoms with Crippen LogP contribution in [0.1, 0.15) is 17.7 Å². The zero-order valence-corrected chi connectivity index (χ0v) is 8.26. The lowest BCUT2D eigenvalue weighted by Crippen LogP contribution is -2.20. The Balaban J connectivity index is 3.28. The first-order chi connectivity index (χ1) is 7.76. The maximum atomic E-state index is 12.4. The minimum Gasteiger partial charge on any atom is -0.403 e. The van der Waals surface area contributed by atoms with Crippen LogP contribution in [-0.4, -0.2) is 11.3 Å². The summed E-state index contributed by atoms with van der Waals surface area (Å²) in [4.78, 5) is 3.24. The molecule has 4 nitrogen and oxygen atoms in total. The molecule has 0 fully saturated rings. The van der Waals surface area contributed by atoms with E-state index in [9.17, 15) is 22.0 Å². The Morgan fingerprint density at radius 3 is 2.35 bits per heavy atom. The van der Waals surface area contributed by atoms with Crippen molar-refractivity contribution in [2.24, 2.45) is 5.73 Å². The van der Waals surface area contributed by atoms with Gasteiger partial charge in [-0.2, -0.15) is 0 Å². The summed E-state index contributed by atoms with van der Waals surface area (Å²) in [6.45, 7) is -0.369. The molecule has 0 spiro atoms. The molecule has 0 bridgehead atoms. The average Bonchev–Trinajstić information content (AvgIpc) is 2.18. The summed E-state index contributed by atoms with van der Waals surface area (Å²) in [6, 6.07) is 0. The first-order valence-corrected chi connectivity index (χ1v) is 4.27. The van der Waals surface area contributed by atoms with Crippen molar-refractivity contribution in [3.63, 3.8) is 0 Å². The second-order valence-electron chi connectivity index (χ2n) is 2.96. The predicted octanol–water partition coefficient (Wildman–Crippen LogP) is 1.96. The van der Waals surface area contributed by atoms with Crippen LogP contribution in [0.2, 0.25) is 0 Å². The third-order valence-corrected chi connectivity index (χ3v) is 1.82. The van der Waals surface area contributed by atoms with E-state index in [1.807, 2.05) is 0 Å². The molecule has 0 aliphatic carbocycles. The smallest absolute Gasteiger partial charge is 0.403 e. The Bertz CT molecular complexity index is 407. The molecule has 4 N–H and O–H groups in total. The van der Waals surface area contributed by atoms with Gasteiger partial charge in [-0.05, 0) is 0 Å². The quantitative estimate of drug-likeness (QED) is 0.812. The number of nitrogens with two attached hydrogens (primary N) is 2. The van der Waals surface area contributed by atoms with Gasteiger partial charge >= 0.3 is 6.36 Å². The molecule has 0 atom stereocenters. The first kappa shape index (κ1) is 13.4. The molecular formula is C8H8F5N3O. The number of pyridine rings is 1. The molecule has 17 heavy (non-hydrogen) atoms. The molecule has 0 radical (unpaired) electrons. The summed E-state index contributed by atoms with van der Waals surface area (Å²) in [5.41, 5.74) is 8.24. The third-order valence-electron chi connectivity index (χ3n) is 1.82. The normalized spacial score (nSPS) is 11.9. The number of anilines is 1. The van der Waals surface area contributed by atoms with Crippen molar-refractivity contribution in [1.29, 1.82) is 0 Å². The number of hydrogen-bond donors (Lipinski definition) is 2. The summed E-state index contributed by atoms with van der Waals surface area (Å²) in [5, 5.41) is 0. The molecule has 1 heterocycles. The maximum absolute atomic E-state index is 12.4. The number of ether oxygens (including phenoxy) is 1. The number of halogens is 5. The molecule has 0 aliphatic rings. The molecule has 1 rings (SSSR count). The van der Waals surface area contributed by atoms with E-state index >= 15 is 0 Å². The Hall–Kier alpha value is -1.64. The van der Waals surface area contributed by atoms with Gasteiger partial charge in [-0.1, -0.05) is 0 Å². The van der Waals surface area contributed by atoms with E-state index in [0.717, 1.165) is 6.20 Å². The highest BCUT2D eigenvalue weighted by atomic mass is 19.4. The Labute approximate surface area is 92.4 Å². The summed E-state index contributed by atoms with van der Waals surface area (Å²) in [7, 11) is 0. The second-order valence-corrected chi connectivity index (χ2v) is 2.96. The second kappa shape index (κ2) is 4.70. The highest BCUT2D eigenvalue weighted by molar-refractivity contribution is 5.59. The van der Waals surface area contributed by atoms with Gasteiger partial charge in [0.05, 0.1) is 0 Å². The number of nitrogen functional groups attached to an aromatic ring is 1. The fourth-order valence-corrected chi connectivity index (χ4v) is 1.12. The molecule has 0 aromatic carbocycles. The van der Waals surface area contributed by atoms with Gasteiger partial charge in [0, 0.05) is 18.3 Å². The fourth-order valence-electron chi connectivity index (χ4n) is 1.12. The minimum absolute atomic E-state index is 0.204. The van der Waals surface area contributed by atoms with E-state index in [1.165, 1.54) is 0 Å². The van der Waals surface area contributed by atoms with Crippen molar-refractivity contribution in [2.75, 3.05) is 5.73 Å². The van der Waals surface area contributed by atoms with E-state index in [4.69, 9.17) is 11.5 Å². The van der Waals surface area contributed by atoms with Crippen LogP contribution in [-0.2, 0) is 6.54 Å². The molecule has 0 aliphatic heterocycles.